The molecule has 0 radical (unpaired) electrons. The highest BCUT2D eigenvalue weighted by Gasteiger charge is 2.13. The molecular weight excluding hydrogens is 294 g/mol. The summed E-state index contributed by atoms with van der Waals surface area (Å²) in [5, 5.41) is 5.69. The van der Waals surface area contributed by atoms with Crippen molar-refractivity contribution in [2.75, 3.05) is 6.54 Å². The summed E-state index contributed by atoms with van der Waals surface area (Å²) in [5.74, 6) is 0. The first-order valence-electron chi connectivity index (χ1n) is 5.81. The number of halogens is 1. The van der Waals surface area contributed by atoms with Crippen LogP contribution in [0.3, 0.4) is 0 Å². The lowest BCUT2D eigenvalue weighted by Crippen LogP contribution is -2.22. The molecule has 0 bridgehead atoms. The highest BCUT2D eigenvalue weighted by Crippen LogP contribution is 2.26. The molecule has 90 valence electrons. The zero-order valence-corrected chi connectivity index (χ0v) is 12.2. The molecule has 1 aromatic carbocycles. The Bertz CT molecular complexity index is 453. The van der Waals surface area contributed by atoms with Gasteiger partial charge in [-0.2, -0.15) is 0 Å². The van der Waals surface area contributed by atoms with Crippen molar-refractivity contribution < 1.29 is 0 Å². The lowest BCUT2D eigenvalue weighted by atomic mass is 10.0. The van der Waals surface area contributed by atoms with Crippen LogP contribution in [0.1, 0.15) is 23.4 Å². The summed E-state index contributed by atoms with van der Waals surface area (Å²) in [6, 6.07) is 13.2. The molecule has 0 aliphatic rings. The first kappa shape index (κ1) is 12.8. The molecule has 2 rings (SSSR count). The number of rotatable bonds is 5. The van der Waals surface area contributed by atoms with Gasteiger partial charge in [0.05, 0.1) is 0 Å². The van der Waals surface area contributed by atoms with Crippen LogP contribution in [0.25, 0.3) is 0 Å². The largest absolute Gasteiger partial charge is 0.309 e. The van der Waals surface area contributed by atoms with Gasteiger partial charge in [-0.1, -0.05) is 47.1 Å². The van der Waals surface area contributed by atoms with Gasteiger partial charge in [-0.05, 0) is 36.0 Å². The second-order valence-electron chi connectivity index (χ2n) is 3.92. The quantitative estimate of drug-likeness (QED) is 0.863. The molecule has 1 heterocycles. The summed E-state index contributed by atoms with van der Waals surface area (Å²) < 4.78 is 1.19. The van der Waals surface area contributed by atoms with Crippen LogP contribution in [0.5, 0.6) is 0 Å². The molecule has 3 heteroatoms. The maximum atomic E-state index is 3.61. The van der Waals surface area contributed by atoms with E-state index in [0.717, 1.165) is 13.0 Å². The van der Waals surface area contributed by atoms with E-state index in [-0.39, 0.29) is 0 Å². The molecule has 0 aliphatic carbocycles. The van der Waals surface area contributed by atoms with E-state index in [4.69, 9.17) is 0 Å². The van der Waals surface area contributed by atoms with Crippen molar-refractivity contribution in [2.45, 2.75) is 19.4 Å². The van der Waals surface area contributed by atoms with Crippen LogP contribution in [-0.2, 0) is 6.42 Å². The fraction of sp³-hybridized carbons (Fsp3) is 0.286. The van der Waals surface area contributed by atoms with E-state index >= 15 is 0 Å². The van der Waals surface area contributed by atoms with Gasteiger partial charge < -0.3 is 5.32 Å². The molecule has 0 spiro atoms. The molecule has 1 aromatic heterocycles. The van der Waals surface area contributed by atoms with Crippen LogP contribution in [0.2, 0.25) is 0 Å². The first-order valence-corrected chi connectivity index (χ1v) is 7.48. The van der Waals surface area contributed by atoms with Crippen LogP contribution in [-0.4, -0.2) is 6.54 Å². The van der Waals surface area contributed by atoms with Gasteiger partial charge >= 0.3 is 0 Å². The Morgan fingerprint density at radius 1 is 1.24 bits per heavy atom. The van der Waals surface area contributed by atoms with Gasteiger partial charge in [0.1, 0.15) is 0 Å². The van der Waals surface area contributed by atoms with Crippen molar-refractivity contribution >= 4 is 27.3 Å². The number of likely N-dealkylation sites (N-methyl/N-ethyl adjacent to an activating group) is 1. The van der Waals surface area contributed by atoms with Gasteiger partial charge in [-0.25, -0.2) is 0 Å². The number of thiophene rings is 1. The van der Waals surface area contributed by atoms with E-state index < -0.39 is 0 Å². The molecule has 1 unspecified atom stereocenters. The van der Waals surface area contributed by atoms with Gasteiger partial charge in [-0.15, -0.1) is 11.3 Å². The van der Waals surface area contributed by atoms with Gasteiger partial charge in [0, 0.05) is 15.4 Å². The van der Waals surface area contributed by atoms with Gasteiger partial charge in [0.15, 0.2) is 0 Å². The Labute approximate surface area is 115 Å². The average molecular weight is 310 g/mol. The monoisotopic (exact) mass is 309 g/mol. The molecular formula is C14H16BrNS. The Hall–Kier alpha value is -0.640. The van der Waals surface area contributed by atoms with Gasteiger partial charge in [0.2, 0.25) is 0 Å². The third-order valence-corrected chi connectivity index (χ3v) is 4.48. The normalized spacial score (nSPS) is 12.6. The third kappa shape index (κ3) is 3.41. The van der Waals surface area contributed by atoms with Crippen LogP contribution in [0.4, 0.5) is 0 Å². The minimum absolute atomic E-state index is 0.415. The molecule has 0 amide bonds. The summed E-state index contributed by atoms with van der Waals surface area (Å²) in [6.07, 6.45) is 1.02. The summed E-state index contributed by atoms with van der Waals surface area (Å²) in [4.78, 5) is 1.41. The zero-order valence-electron chi connectivity index (χ0n) is 9.82. The molecule has 0 fully saturated rings. The van der Waals surface area contributed by atoms with E-state index in [0.29, 0.717) is 6.04 Å². The van der Waals surface area contributed by atoms with Crippen LogP contribution < -0.4 is 5.32 Å². The standard InChI is InChI=1S/C14H16BrNS/c1-2-16-13(14-8-5-9-17-14)10-11-6-3-4-7-12(11)15/h3-9,13,16H,2,10H2,1H3. The fourth-order valence-corrected chi connectivity index (χ4v) is 3.14. The van der Waals surface area contributed by atoms with Crippen LogP contribution in [0, 0.1) is 0 Å². The predicted molar refractivity (Wildman–Crippen MR) is 78.6 cm³/mol. The maximum Gasteiger partial charge on any atom is 0.0455 e. The molecule has 1 N–H and O–H groups in total. The SMILES string of the molecule is CCNC(Cc1ccccc1Br)c1cccs1. The predicted octanol–water partition coefficient (Wildman–Crippen LogP) is 4.40. The third-order valence-electron chi connectivity index (χ3n) is 2.72. The Morgan fingerprint density at radius 3 is 2.71 bits per heavy atom. The molecule has 0 saturated carbocycles. The average Bonchev–Trinajstić information content (AvgIpc) is 2.85. The highest BCUT2D eigenvalue weighted by molar-refractivity contribution is 9.10. The Morgan fingerprint density at radius 2 is 2.06 bits per heavy atom. The molecule has 17 heavy (non-hydrogen) atoms. The molecule has 0 saturated heterocycles. The lowest BCUT2D eigenvalue weighted by Gasteiger charge is -2.17. The van der Waals surface area contributed by atoms with Gasteiger partial charge in [-0.3, -0.25) is 0 Å². The Kier molecular flexibility index (Phi) is 4.77. The Balaban J connectivity index is 2.16. The number of nitrogens with one attached hydrogen (secondary N) is 1. The van der Waals surface area contributed by atoms with Crippen molar-refractivity contribution in [1.29, 1.82) is 0 Å². The van der Waals surface area contributed by atoms with Crippen molar-refractivity contribution in [2.24, 2.45) is 0 Å². The minimum Gasteiger partial charge on any atom is -0.309 e. The highest BCUT2D eigenvalue weighted by atomic mass is 79.9. The van der Waals surface area contributed by atoms with E-state index in [1.54, 1.807) is 0 Å². The van der Waals surface area contributed by atoms with Crippen molar-refractivity contribution in [3.8, 4) is 0 Å². The second-order valence-corrected chi connectivity index (χ2v) is 5.75. The van der Waals surface area contributed by atoms with Gasteiger partial charge in [0.25, 0.3) is 0 Å². The van der Waals surface area contributed by atoms with Crippen molar-refractivity contribution in [3.05, 3.63) is 56.7 Å². The van der Waals surface area contributed by atoms with E-state index in [1.165, 1.54) is 14.9 Å². The first-order chi connectivity index (χ1) is 8.31. The summed E-state index contributed by atoms with van der Waals surface area (Å²) in [7, 11) is 0. The molecule has 0 aliphatic heterocycles. The molecule has 2 aromatic rings. The number of hydrogen-bond acceptors (Lipinski definition) is 2. The number of hydrogen-bond donors (Lipinski definition) is 1. The van der Waals surface area contributed by atoms with Crippen LogP contribution in [0.15, 0.2) is 46.3 Å². The van der Waals surface area contributed by atoms with E-state index in [1.807, 2.05) is 11.3 Å². The molecule has 1 nitrogen and oxygen atoms in total. The zero-order chi connectivity index (χ0) is 12.1. The maximum absolute atomic E-state index is 3.61. The molecule has 1 atom stereocenters. The summed E-state index contributed by atoms with van der Waals surface area (Å²) in [5.41, 5.74) is 1.35. The summed E-state index contributed by atoms with van der Waals surface area (Å²) in [6.45, 7) is 3.15. The van der Waals surface area contributed by atoms with Crippen molar-refractivity contribution in [1.82, 2.24) is 5.32 Å². The lowest BCUT2D eigenvalue weighted by molar-refractivity contribution is 0.557. The fourth-order valence-electron chi connectivity index (χ4n) is 1.89. The van der Waals surface area contributed by atoms with E-state index in [2.05, 4.69) is 69.9 Å². The smallest absolute Gasteiger partial charge is 0.0455 e. The van der Waals surface area contributed by atoms with Crippen LogP contribution >= 0.6 is 27.3 Å². The van der Waals surface area contributed by atoms with Crippen molar-refractivity contribution in [3.63, 3.8) is 0 Å². The minimum atomic E-state index is 0.415. The second kappa shape index (κ2) is 6.34. The number of benzene rings is 1. The topological polar surface area (TPSA) is 12.0 Å². The summed E-state index contributed by atoms with van der Waals surface area (Å²) >= 11 is 5.43. The van der Waals surface area contributed by atoms with E-state index in [9.17, 15) is 0 Å².